The first-order valence-electron chi connectivity index (χ1n) is 13.4. The molecule has 0 aromatic heterocycles. The Labute approximate surface area is 219 Å². The first-order valence-corrected chi connectivity index (χ1v) is 13.4. The molecule has 0 N–H and O–H groups in total. The summed E-state index contributed by atoms with van der Waals surface area (Å²) < 4.78 is 32.9. The Hall–Kier alpha value is -2.52. The van der Waals surface area contributed by atoms with Gasteiger partial charge in [-0.1, -0.05) is 17.3 Å². The zero-order valence-corrected chi connectivity index (χ0v) is 22.1. The van der Waals surface area contributed by atoms with Crippen LogP contribution in [-0.2, 0) is 9.63 Å². The molecule has 2 fully saturated rings. The largest absolute Gasteiger partial charge is 0.486 e. The predicted molar refractivity (Wildman–Crippen MR) is 140 cm³/mol. The van der Waals surface area contributed by atoms with E-state index in [4.69, 9.17) is 9.57 Å². The number of amides is 1. The number of hydrogen-bond acceptors (Lipinski definition) is 6. The predicted octanol–water partition coefficient (Wildman–Crippen LogP) is 3.88. The molecule has 0 saturated carbocycles. The Morgan fingerprint density at radius 3 is 2.73 bits per heavy atom. The van der Waals surface area contributed by atoms with Crippen LogP contribution in [0.1, 0.15) is 44.1 Å². The molecule has 3 heterocycles. The zero-order chi connectivity index (χ0) is 26.3. The van der Waals surface area contributed by atoms with Crippen molar-refractivity contribution in [3.05, 3.63) is 41.7 Å². The number of rotatable bonds is 11. The normalized spacial score (nSPS) is 20.9. The maximum Gasteiger partial charge on any atom is 0.222 e. The molecule has 204 valence electrons. The summed E-state index contributed by atoms with van der Waals surface area (Å²) in [6.07, 6.45) is 8.11. The molecule has 37 heavy (non-hydrogen) atoms. The van der Waals surface area contributed by atoms with Gasteiger partial charge in [0, 0.05) is 76.4 Å². The molecule has 1 aromatic carbocycles. The van der Waals surface area contributed by atoms with Crippen molar-refractivity contribution < 1.29 is 23.1 Å². The van der Waals surface area contributed by atoms with E-state index in [9.17, 15) is 13.6 Å². The Bertz CT molecular complexity index is 972. The van der Waals surface area contributed by atoms with E-state index in [2.05, 4.69) is 34.2 Å². The number of hydrogen-bond donors (Lipinski definition) is 0. The maximum absolute atomic E-state index is 13.8. The van der Waals surface area contributed by atoms with Gasteiger partial charge in [-0.3, -0.25) is 14.1 Å². The third-order valence-electron chi connectivity index (χ3n) is 7.63. The van der Waals surface area contributed by atoms with Crippen LogP contribution in [0.4, 0.5) is 8.78 Å². The molecule has 3 aliphatic heterocycles. The lowest BCUT2D eigenvalue weighted by molar-refractivity contribution is -0.134. The average molecular weight is 519 g/mol. The molecule has 1 spiro atoms. The van der Waals surface area contributed by atoms with E-state index >= 15 is 0 Å². The molecule has 1 amide bonds. The van der Waals surface area contributed by atoms with E-state index < -0.39 is 5.60 Å². The molecule has 0 radical (unpaired) electrons. The van der Waals surface area contributed by atoms with Gasteiger partial charge >= 0.3 is 0 Å². The molecule has 0 unspecified atom stereocenters. The SMILES string of the molecule is CO/N=C1\CC2(CCN(C(=O)CCCN(C/C=C/C3CN(C)C3)CCCF)CC2)Oc2ccc(F)cc21. The van der Waals surface area contributed by atoms with Crippen molar-refractivity contribution in [2.45, 2.75) is 44.1 Å². The molecule has 9 heteroatoms. The number of likely N-dealkylation sites (tertiary alicyclic amines) is 2. The van der Waals surface area contributed by atoms with Crippen LogP contribution in [0.3, 0.4) is 0 Å². The van der Waals surface area contributed by atoms with Gasteiger partial charge in [-0.05, 0) is 44.6 Å². The van der Waals surface area contributed by atoms with Crippen LogP contribution in [0.2, 0.25) is 0 Å². The van der Waals surface area contributed by atoms with Crippen LogP contribution >= 0.6 is 0 Å². The average Bonchev–Trinajstić information content (AvgIpc) is 2.86. The summed E-state index contributed by atoms with van der Waals surface area (Å²) in [5, 5.41) is 4.14. The van der Waals surface area contributed by atoms with E-state index in [0.29, 0.717) is 74.7 Å². The van der Waals surface area contributed by atoms with Crippen LogP contribution in [0, 0.1) is 11.7 Å². The molecular weight excluding hydrogens is 478 g/mol. The smallest absolute Gasteiger partial charge is 0.222 e. The first kappa shape index (κ1) is 27.5. The van der Waals surface area contributed by atoms with Crippen LogP contribution in [0.15, 0.2) is 35.5 Å². The molecule has 7 nitrogen and oxygen atoms in total. The Kier molecular flexibility index (Phi) is 9.54. The standard InChI is InChI=1S/C28H40F2N4O3/c1-32-20-22(21-32)6-3-13-33(15-5-12-29)14-4-7-27(35)34-16-10-28(11-17-34)19-25(31-36-2)24-18-23(30)8-9-26(24)37-28/h3,6,8-9,18,22H,4-5,7,10-17,19-21H2,1-2H3/b6-3+,31-25+. The number of fused-ring (bicyclic) bond motifs is 1. The minimum Gasteiger partial charge on any atom is -0.486 e. The van der Waals surface area contributed by atoms with Gasteiger partial charge in [0.1, 0.15) is 24.3 Å². The summed E-state index contributed by atoms with van der Waals surface area (Å²) in [4.78, 5) is 24.4. The third kappa shape index (κ3) is 7.29. The summed E-state index contributed by atoms with van der Waals surface area (Å²) in [6.45, 7) is 5.40. The topological polar surface area (TPSA) is 57.6 Å². The lowest BCUT2D eigenvalue weighted by atomic mass is 9.82. The van der Waals surface area contributed by atoms with Crippen LogP contribution in [0.5, 0.6) is 5.75 Å². The van der Waals surface area contributed by atoms with Gasteiger partial charge in [0.05, 0.1) is 12.4 Å². The Morgan fingerprint density at radius 1 is 1.27 bits per heavy atom. The van der Waals surface area contributed by atoms with Crippen molar-refractivity contribution in [1.29, 1.82) is 0 Å². The van der Waals surface area contributed by atoms with E-state index in [-0.39, 0.29) is 18.4 Å². The number of piperidine rings is 1. The minimum absolute atomic E-state index is 0.150. The highest BCUT2D eigenvalue weighted by atomic mass is 19.1. The van der Waals surface area contributed by atoms with Crippen LogP contribution in [0.25, 0.3) is 0 Å². The number of halogens is 2. The zero-order valence-electron chi connectivity index (χ0n) is 22.1. The summed E-state index contributed by atoms with van der Waals surface area (Å²) in [7, 11) is 3.60. The van der Waals surface area contributed by atoms with E-state index in [1.807, 2.05) is 4.90 Å². The van der Waals surface area contributed by atoms with Crippen molar-refractivity contribution in [2.24, 2.45) is 11.1 Å². The summed E-state index contributed by atoms with van der Waals surface area (Å²) in [5.74, 6) is 1.04. The van der Waals surface area contributed by atoms with Crippen molar-refractivity contribution >= 4 is 11.6 Å². The lowest BCUT2D eigenvalue weighted by Gasteiger charge is -2.44. The van der Waals surface area contributed by atoms with Crippen molar-refractivity contribution in [3.63, 3.8) is 0 Å². The van der Waals surface area contributed by atoms with Crippen LogP contribution < -0.4 is 4.74 Å². The first-order chi connectivity index (χ1) is 17.9. The molecule has 1 aromatic rings. The molecule has 0 atom stereocenters. The fraction of sp³-hybridized carbons (Fsp3) is 0.643. The number of carbonyl (C=O) groups is 1. The Morgan fingerprint density at radius 2 is 2.03 bits per heavy atom. The highest BCUT2D eigenvalue weighted by Gasteiger charge is 2.43. The maximum atomic E-state index is 13.8. The van der Waals surface area contributed by atoms with Crippen LogP contribution in [-0.4, -0.2) is 98.6 Å². The van der Waals surface area contributed by atoms with E-state index in [1.165, 1.54) is 19.2 Å². The number of oxime groups is 1. The minimum atomic E-state index is -0.469. The van der Waals surface area contributed by atoms with E-state index in [1.54, 1.807) is 6.07 Å². The van der Waals surface area contributed by atoms with Gasteiger partial charge in [-0.15, -0.1) is 0 Å². The van der Waals surface area contributed by atoms with Crippen molar-refractivity contribution in [2.75, 3.05) is 66.6 Å². The van der Waals surface area contributed by atoms with E-state index in [0.717, 1.165) is 32.6 Å². The molecule has 4 rings (SSSR count). The lowest BCUT2D eigenvalue weighted by Crippen LogP contribution is -2.52. The highest BCUT2D eigenvalue weighted by Crippen LogP contribution is 2.40. The fourth-order valence-corrected chi connectivity index (χ4v) is 5.58. The monoisotopic (exact) mass is 518 g/mol. The second-order valence-electron chi connectivity index (χ2n) is 10.6. The second-order valence-corrected chi connectivity index (χ2v) is 10.6. The number of alkyl halides is 1. The molecule has 2 saturated heterocycles. The van der Waals surface area contributed by atoms with Gasteiger partial charge in [0.2, 0.25) is 5.91 Å². The van der Waals surface area contributed by atoms with Gasteiger partial charge in [0.15, 0.2) is 0 Å². The molecular formula is C28H40F2N4O3. The second kappa shape index (κ2) is 12.8. The van der Waals surface area contributed by atoms with Gasteiger partial charge < -0.3 is 19.4 Å². The van der Waals surface area contributed by atoms with Gasteiger partial charge in [-0.25, -0.2) is 4.39 Å². The fourth-order valence-electron chi connectivity index (χ4n) is 5.58. The number of carbonyl (C=O) groups excluding carboxylic acids is 1. The quantitative estimate of drug-likeness (QED) is 0.329. The van der Waals surface area contributed by atoms with Gasteiger partial charge in [0.25, 0.3) is 0 Å². The number of benzene rings is 1. The summed E-state index contributed by atoms with van der Waals surface area (Å²) in [6, 6.07) is 4.46. The Balaban J connectivity index is 1.24. The van der Waals surface area contributed by atoms with Crippen molar-refractivity contribution in [1.82, 2.24) is 14.7 Å². The molecule has 0 bridgehead atoms. The summed E-state index contributed by atoms with van der Waals surface area (Å²) >= 11 is 0. The number of nitrogens with zero attached hydrogens (tertiary/aromatic N) is 4. The van der Waals surface area contributed by atoms with Crippen molar-refractivity contribution in [3.8, 4) is 5.75 Å². The van der Waals surface area contributed by atoms with Gasteiger partial charge in [-0.2, -0.15) is 0 Å². The molecule has 3 aliphatic rings. The molecule has 0 aliphatic carbocycles. The highest BCUT2D eigenvalue weighted by molar-refractivity contribution is 6.04. The number of ether oxygens (including phenoxy) is 1. The summed E-state index contributed by atoms with van der Waals surface area (Å²) in [5.41, 5.74) is 0.830. The third-order valence-corrected chi connectivity index (χ3v) is 7.63.